The molecule has 0 saturated carbocycles. The number of phenolic OH excluding ortho intramolecular Hbond substituents is 1. The van der Waals surface area contributed by atoms with Crippen LogP contribution < -0.4 is 0 Å². The lowest BCUT2D eigenvalue weighted by Gasteiger charge is -2.33. The zero-order valence-corrected chi connectivity index (χ0v) is 12.7. The van der Waals surface area contributed by atoms with E-state index in [9.17, 15) is 9.90 Å². The van der Waals surface area contributed by atoms with Crippen molar-refractivity contribution in [1.29, 1.82) is 0 Å². The Morgan fingerprint density at radius 1 is 1.33 bits per heavy atom. The largest absolute Gasteiger partial charge is 0.508 e. The van der Waals surface area contributed by atoms with Gasteiger partial charge in [0.25, 0.3) is 0 Å². The Bertz CT molecular complexity index is 524. The molecule has 114 valence electrons. The summed E-state index contributed by atoms with van der Waals surface area (Å²) in [6, 6.07) is 5.90. The van der Waals surface area contributed by atoms with Crippen molar-refractivity contribution in [3.63, 3.8) is 0 Å². The normalized spacial score (nSPS) is 21.6. The van der Waals surface area contributed by atoms with Crippen LogP contribution in [0.4, 0.5) is 0 Å². The van der Waals surface area contributed by atoms with Crippen LogP contribution in [0.5, 0.6) is 5.75 Å². The van der Waals surface area contributed by atoms with Crippen LogP contribution in [0, 0.1) is 0 Å². The van der Waals surface area contributed by atoms with E-state index in [1.165, 1.54) is 11.1 Å². The molecule has 0 radical (unpaired) electrons. The molecule has 1 unspecified atom stereocenters. The minimum atomic E-state index is 0.238. The van der Waals surface area contributed by atoms with E-state index < -0.39 is 0 Å². The van der Waals surface area contributed by atoms with E-state index in [4.69, 9.17) is 0 Å². The monoisotopic (exact) mass is 288 g/mol. The third kappa shape index (κ3) is 3.05. The Morgan fingerprint density at radius 3 is 2.86 bits per heavy atom. The molecule has 1 saturated heterocycles. The van der Waals surface area contributed by atoms with Crippen LogP contribution in [0.3, 0.4) is 0 Å². The standard InChI is InChI=1S/C17H24N2O2/c1-18(12-17(21)19-9-2-3-10-19)16-6-4-5-13-7-8-14(20)11-15(13)16/h7-8,11,16,20H,2-6,9-10,12H2,1H3. The number of phenols is 1. The smallest absolute Gasteiger partial charge is 0.236 e. The topological polar surface area (TPSA) is 43.8 Å². The highest BCUT2D eigenvalue weighted by molar-refractivity contribution is 5.78. The van der Waals surface area contributed by atoms with Gasteiger partial charge in [0.05, 0.1) is 6.54 Å². The lowest BCUT2D eigenvalue weighted by molar-refractivity contribution is -0.131. The second-order valence-electron chi connectivity index (χ2n) is 6.29. The number of aryl methyl sites for hydroxylation is 1. The van der Waals surface area contributed by atoms with Gasteiger partial charge < -0.3 is 10.0 Å². The maximum atomic E-state index is 12.3. The van der Waals surface area contributed by atoms with Crippen molar-refractivity contribution in [3.8, 4) is 5.75 Å². The highest BCUT2D eigenvalue weighted by Crippen LogP contribution is 2.35. The molecule has 1 aromatic carbocycles. The number of benzene rings is 1. The molecule has 2 aliphatic rings. The molecule has 1 aromatic rings. The molecule has 1 atom stereocenters. The van der Waals surface area contributed by atoms with Crippen LogP contribution in [0.15, 0.2) is 18.2 Å². The summed E-state index contributed by atoms with van der Waals surface area (Å²) < 4.78 is 0. The van der Waals surface area contributed by atoms with E-state index in [0.29, 0.717) is 12.3 Å². The number of carbonyl (C=O) groups is 1. The van der Waals surface area contributed by atoms with Gasteiger partial charge in [-0.25, -0.2) is 0 Å². The zero-order chi connectivity index (χ0) is 14.8. The number of likely N-dealkylation sites (N-methyl/N-ethyl adjacent to an activating group) is 1. The fourth-order valence-corrected chi connectivity index (χ4v) is 3.61. The highest BCUT2D eigenvalue weighted by Gasteiger charge is 2.27. The second kappa shape index (κ2) is 6.06. The van der Waals surface area contributed by atoms with Gasteiger partial charge in [0, 0.05) is 19.1 Å². The third-order valence-electron chi connectivity index (χ3n) is 4.79. The highest BCUT2D eigenvalue weighted by atomic mass is 16.3. The molecule has 1 aliphatic carbocycles. The van der Waals surface area contributed by atoms with Crippen LogP contribution in [0.25, 0.3) is 0 Å². The molecule has 0 aromatic heterocycles. The molecular formula is C17H24N2O2. The SMILES string of the molecule is CN(CC(=O)N1CCCC1)C1CCCc2ccc(O)cc21. The minimum Gasteiger partial charge on any atom is -0.508 e. The number of nitrogens with zero attached hydrogens (tertiary/aromatic N) is 2. The number of likely N-dealkylation sites (tertiary alicyclic amines) is 1. The Labute approximate surface area is 126 Å². The molecule has 1 heterocycles. The first-order valence-corrected chi connectivity index (χ1v) is 7.95. The number of hydrogen-bond donors (Lipinski definition) is 1. The van der Waals surface area contributed by atoms with Gasteiger partial charge in [0.1, 0.15) is 5.75 Å². The third-order valence-corrected chi connectivity index (χ3v) is 4.79. The Balaban J connectivity index is 1.72. The number of carbonyl (C=O) groups excluding carboxylic acids is 1. The molecule has 3 rings (SSSR count). The number of amides is 1. The Morgan fingerprint density at radius 2 is 2.10 bits per heavy atom. The van der Waals surface area contributed by atoms with E-state index in [2.05, 4.69) is 4.90 Å². The summed E-state index contributed by atoms with van der Waals surface area (Å²) in [6.07, 6.45) is 5.54. The van der Waals surface area contributed by atoms with Crippen LogP contribution in [0.2, 0.25) is 0 Å². The molecule has 1 N–H and O–H groups in total. The molecule has 4 nitrogen and oxygen atoms in total. The van der Waals surface area contributed by atoms with Crippen molar-refractivity contribution in [2.45, 2.75) is 38.1 Å². The number of fused-ring (bicyclic) bond motifs is 1. The van der Waals surface area contributed by atoms with Crippen molar-refractivity contribution >= 4 is 5.91 Å². The predicted octanol–water partition coefficient (Wildman–Crippen LogP) is 2.32. The summed E-state index contributed by atoms with van der Waals surface area (Å²) in [5.74, 6) is 0.558. The lowest BCUT2D eigenvalue weighted by Crippen LogP contribution is -2.39. The van der Waals surface area contributed by atoms with Gasteiger partial charge in [0.2, 0.25) is 5.91 Å². The predicted molar refractivity (Wildman–Crippen MR) is 82.2 cm³/mol. The van der Waals surface area contributed by atoms with Crippen LogP contribution in [-0.4, -0.2) is 47.5 Å². The van der Waals surface area contributed by atoms with Crippen molar-refractivity contribution in [1.82, 2.24) is 9.80 Å². The van der Waals surface area contributed by atoms with Gasteiger partial charge in [0.15, 0.2) is 0 Å². The molecule has 1 fully saturated rings. The molecule has 0 bridgehead atoms. The fraction of sp³-hybridized carbons (Fsp3) is 0.588. The first-order valence-electron chi connectivity index (χ1n) is 7.95. The molecule has 21 heavy (non-hydrogen) atoms. The van der Waals surface area contributed by atoms with Gasteiger partial charge in [-0.15, -0.1) is 0 Å². The van der Waals surface area contributed by atoms with E-state index in [1.807, 2.05) is 24.1 Å². The summed E-state index contributed by atoms with van der Waals surface area (Å²) in [7, 11) is 2.03. The van der Waals surface area contributed by atoms with Crippen molar-refractivity contribution in [3.05, 3.63) is 29.3 Å². The van der Waals surface area contributed by atoms with E-state index in [0.717, 1.165) is 45.2 Å². The first-order chi connectivity index (χ1) is 10.1. The fourth-order valence-electron chi connectivity index (χ4n) is 3.61. The maximum absolute atomic E-state index is 12.3. The van der Waals surface area contributed by atoms with Crippen molar-refractivity contribution < 1.29 is 9.90 Å². The molecular weight excluding hydrogens is 264 g/mol. The average Bonchev–Trinajstić information content (AvgIpc) is 3.00. The van der Waals surface area contributed by atoms with Gasteiger partial charge in [-0.05, 0) is 62.4 Å². The van der Waals surface area contributed by atoms with Crippen LogP contribution >= 0.6 is 0 Å². The maximum Gasteiger partial charge on any atom is 0.236 e. The van der Waals surface area contributed by atoms with E-state index >= 15 is 0 Å². The lowest BCUT2D eigenvalue weighted by atomic mass is 9.86. The molecule has 0 spiro atoms. The molecule has 1 amide bonds. The summed E-state index contributed by atoms with van der Waals surface area (Å²) in [5, 5.41) is 9.75. The summed E-state index contributed by atoms with van der Waals surface area (Å²) in [4.78, 5) is 16.4. The van der Waals surface area contributed by atoms with Crippen molar-refractivity contribution in [2.24, 2.45) is 0 Å². The first kappa shape index (κ1) is 14.4. The Kier molecular flexibility index (Phi) is 4.15. The van der Waals surface area contributed by atoms with Crippen LogP contribution in [0.1, 0.15) is 42.9 Å². The van der Waals surface area contributed by atoms with Gasteiger partial charge in [-0.1, -0.05) is 6.07 Å². The number of aromatic hydroxyl groups is 1. The van der Waals surface area contributed by atoms with Crippen molar-refractivity contribution in [2.75, 3.05) is 26.7 Å². The van der Waals surface area contributed by atoms with E-state index in [-0.39, 0.29) is 11.9 Å². The van der Waals surface area contributed by atoms with Gasteiger partial charge in [-0.2, -0.15) is 0 Å². The zero-order valence-electron chi connectivity index (χ0n) is 12.7. The summed E-state index contributed by atoms with van der Waals surface area (Å²) in [6.45, 7) is 2.29. The Hall–Kier alpha value is -1.55. The van der Waals surface area contributed by atoms with Crippen LogP contribution in [-0.2, 0) is 11.2 Å². The summed E-state index contributed by atoms with van der Waals surface area (Å²) in [5.41, 5.74) is 2.50. The molecule has 4 heteroatoms. The quantitative estimate of drug-likeness (QED) is 0.928. The minimum absolute atomic E-state index is 0.238. The number of rotatable bonds is 3. The van der Waals surface area contributed by atoms with E-state index in [1.54, 1.807) is 6.07 Å². The number of hydrogen-bond acceptors (Lipinski definition) is 3. The van der Waals surface area contributed by atoms with Gasteiger partial charge >= 0.3 is 0 Å². The average molecular weight is 288 g/mol. The molecule has 1 aliphatic heterocycles. The summed E-state index contributed by atoms with van der Waals surface area (Å²) >= 11 is 0. The second-order valence-corrected chi connectivity index (χ2v) is 6.29. The van der Waals surface area contributed by atoms with Gasteiger partial charge in [-0.3, -0.25) is 9.69 Å².